The Hall–Kier alpha value is -3.63. The molecule has 0 saturated heterocycles. The predicted molar refractivity (Wildman–Crippen MR) is 195 cm³/mol. The molecule has 1 unspecified atom stereocenters. The van der Waals surface area contributed by atoms with Crippen molar-refractivity contribution >= 4 is 40.4 Å². The number of aromatic amines is 1. The molecule has 6 nitrogen and oxygen atoms in total. The normalized spacial score (nSPS) is 19.1. The first kappa shape index (κ1) is 35.2. The van der Waals surface area contributed by atoms with Crippen molar-refractivity contribution < 1.29 is 18.3 Å². The Morgan fingerprint density at radius 1 is 1.08 bits per heavy atom. The van der Waals surface area contributed by atoms with Crippen LogP contribution in [-0.4, -0.2) is 44.3 Å². The molecule has 0 fully saturated rings. The van der Waals surface area contributed by atoms with Gasteiger partial charge in [-0.25, -0.2) is 18.4 Å². The van der Waals surface area contributed by atoms with Crippen LogP contribution >= 0.6 is 23.5 Å². The summed E-state index contributed by atoms with van der Waals surface area (Å²) in [6.07, 6.45) is 5.57. The van der Waals surface area contributed by atoms with Crippen molar-refractivity contribution in [3.05, 3.63) is 94.9 Å². The summed E-state index contributed by atoms with van der Waals surface area (Å²) in [5.41, 5.74) is 3.64. The van der Waals surface area contributed by atoms with Crippen LogP contribution in [0.5, 0.6) is 0 Å². The molecular formula is C39H44F2N4O2S2. The number of ether oxygens (including phenoxy) is 1. The number of hydrogen-bond donors (Lipinski definition) is 1. The zero-order valence-electron chi connectivity index (χ0n) is 29.0. The number of aryl methyl sites for hydroxylation is 2. The third kappa shape index (κ3) is 7.45. The van der Waals surface area contributed by atoms with Crippen LogP contribution in [0.15, 0.2) is 70.6 Å². The molecule has 10 heteroatoms. The summed E-state index contributed by atoms with van der Waals surface area (Å²) < 4.78 is 38.0. The van der Waals surface area contributed by atoms with Gasteiger partial charge >= 0.3 is 5.97 Å². The third-order valence-electron chi connectivity index (χ3n) is 9.83. The number of hydrogen-bond acceptors (Lipinski definition) is 6. The molecule has 1 aliphatic heterocycles. The molecule has 3 heterocycles. The number of methoxy groups -OCH3 is 1. The summed E-state index contributed by atoms with van der Waals surface area (Å²) in [6, 6.07) is 16.8. The fourth-order valence-corrected chi connectivity index (χ4v) is 9.06. The molecule has 0 spiro atoms. The van der Waals surface area contributed by atoms with Gasteiger partial charge in [-0.1, -0.05) is 63.2 Å². The van der Waals surface area contributed by atoms with Crippen LogP contribution in [0.4, 0.5) is 8.78 Å². The largest absolute Gasteiger partial charge is 0.469 e. The number of nitrogens with one attached hydrogen (secondary N) is 1. The minimum Gasteiger partial charge on any atom is -0.469 e. The molecule has 4 bridgehead atoms. The van der Waals surface area contributed by atoms with Crippen LogP contribution in [0.3, 0.4) is 0 Å². The van der Waals surface area contributed by atoms with E-state index in [0.29, 0.717) is 22.1 Å². The van der Waals surface area contributed by atoms with E-state index in [1.165, 1.54) is 24.9 Å². The molecule has 6 rings (SSSR count). The fourth-order valence-electron chi connectivity index (χ4n) is 6.83. The Bertz CT molecular complexity index is 1990. The van der Waals surface area contributed by atoms with Gasteiger partial charge in [-0.15, -0.1) is 0 Å². The van der Waals surface area contributed by atoms with E-state index in [1.54, 1.807) is 29.9 Å². The van der Waals surface area contributed by atoms with Gasteiger partial charge in [0.05, 0.1) is 29.4 Å². The highest BCUT2D eigenvalue weighted by Crippen LogP contribution is 2.42. The molecule has 0 radical (unpaired) electrons. The van der Waals surface area contributed by atoms with Crippen molar-refractivity contribution in [1.82, 2.24) is 19.7 Å². The Kier molecular flexibility index (Phi) is 10.3. The first-order chi connectivity index (χ1) is 23.4. The molecule has 1 aliphatic rings. The summed E-state index contributed by atoms with van der Waals surface area (Å²) in [4.78, 5) is 21.6. The van der Waals surface area contributed by atoms with Gasteiger partial charge in [-0.05, 0) is 96.0 Å². The summed E-state index contributed by atoms with van der Waals surface area (Å²) in [5, 5.41) is 5.95. The maximum atomic E-state index is 15.8. The first-order valence-corrected chi connectivity index (χ1v) is 18.8. The zero-order valence-corrected chi connectivity index (χ0v) is 30.7. The molecule has 3 aromatic carbocycles. The van der Waals surface area contributed by atoms with E-state index in [-0.39, 0.29) is 29.5 Å². The molecule has 0 aliphatic carbocycles. The third-order valence-corrected chi connectivity index (χ3v) is 12.4. The highest BCUT2D eigenvalue weighted by Gasteiger charge is 2.35. The fraction of sp³-hybridized carbons (Fsp3) is 0.410. The maximum absolute atomic E-state index is 15.8. The zero-order chi connectivity index (χ0) is 34.9. The Morgan fingerprint density at radius 2 is 1.90 bits per heavy atom. The van der Waals surface area contributed by atoms with Crippen molar-refractivity contribution in [2.45, 2.75) is 80.9 Å². The summed E-state index contributed by atoms with van der Waals surface area (Å²) >= 11 is 3.23. The number of esters is 1. The van der Waals surface area contributed by atoms with E-state index < -0.39 is 11.2 Å². The van der Waals surface area contributed by atoms with Gasteiger partial charge < -0.3 is 9.72 Å². The van der Waals surface area contributed by atoms with Gasteiger partial charge in [0.25, 0.3) is 0 Å². The van der Waals surface area contributed by atoms with Gasteiger partial charge in [0.2, 0.25) is 0 Å². The maximum Gasteiger partial charge on any atom is 0.306 e. The Morgan fingerprint density at radius 3 is 2.69 bits per heavy atom. The lowest BCUT2D eigenvalue weighted by atomic mass is 9.74. The Balaban J connectivity index is 1.46. The number of aromatic nitrogens is 4. The van der Waals surface area contributed by atoms with Gasteiger partial charge in [-0.2, -0.15) is 16.9 Å². The first-order valence-electron chi connectivity index (χ1n) is 16.8. The molecule has 5 aromatic rings. The number of fused-ring (bicyclic) bond motifs is 8. The van der Waals surface area contributed by atoms with Crippen LogP contribution in [0, 0.1) is 17.0 Å². The molecule has 258 valence electrons. The van der Waals surface area contributed by atoms with E-state index in [4.69, 9.17) is 14.8 Å². The van der Waals surface area contributed by atoms with E-state index in [2.05, 4.69) is 37.9 Å². The number of benzene rings is 3. The summed E-state index contributed by atoms with van der Waals surface area (Å²) in [7, 11) is 3.20. The van der Waals surface area contributed by atoms with Crippen molar-refractivity contribution in [3.8, 4) is 11.4 Å². The molecule has 0 saturated carbocycles. The van der Waals surface area contributed by atoms with Gasteiger partial charge in [0, 0.05) is 29.0 Å². The average Bonchev–Trinajstić information content (AvgIpc) is 3.71. The highest BCUT2D eigenvalue weighted by atomic mass is 32.2. The van der Waals surface area contributed by atoms with E-state index >= 15 is 8.78 Å². The van der Waals surface area contributed by atoms with Crippen LogP contribution in [0.25, 0.3) is 22.3 Å². The number of carbonyl (C=O) groups excluding carboxylic acids is 1. The minimum atomic E-state index is -0.585. The monoisotopic (exact) mass is 702 g/mol. The second-order valence-electron chi connectivity index (χ2n) is 14.2. The lowest BCUT2D eigenvalue weighted by Gasteiger charge is -2.31. The lowest BCUT2D eigenvalue weighted by molar-refractivity contribution is -0.140. The second kappa shape index (κ2) is 14.3. The van der Waals surface area contributed by atoms with E-state index in [9.17, 15) is 4.79 Å². The van der Waals surface area contributed by atoms with Crippen LogP contribution in [0.2, 0.25) is 0 Å². The number of nitrogens with zero attached hydrogens (tertiary/aromatic N) is 3. The molecular weight excluding hydrogens is 659 g/mol. The second-order valence-corrected chi connectivity index (χ2v) is 16.4. The van der Waals surface area contributed by atoms with Crippen molar-refractivity contribution in [2.24, 2.45) is 12.5 Å². The predicted octanol–water partition coefficient (Wildman–Crippen LogP) is 9.85. The van der Waals surface area contributed by atoms with Crippen molar-refractivity contribution in [1.29, 1.82) is 0 Å². The SMILES string of the molecule is COC(=O)CC(C)c1cccc([C@@]2(C)CCCC(C)(C)CSCCc3c(c(F)cc4[nH]ccc34)Sc3ccc(F)c(c3)-c3nc2nn3C)c1. The summed E-state index contributed by atoms with van der Waals surface area (Å²) in [5.74, 6) is 1.88. The smallest absolute Gasteiger partial charge is 0.306 e. The highest BCUT2D eigenvalue weighted by molar-refractivity contribution is 7.99. The molecule has 0 amide bonds. The number of rotatable bonds is 4. The quantitative estimate of drug-likeness (QED) is 0.188. The number of carbonyl (C=O) groups is 1. The molecule has 1 N–H and O–H groups in total. The number of H-pyrrole nitrogens is 1. The molecule has 49 heavy (non-hydrogen) atoms. The van der Waals surface area contributed by atoms with E-state index in [0.717, 1.165) is 69.7 Å². The molecule has 2 aromatic heterocycles. The van der Waals surface area contributed by atoms with Crippen LogP contribution < -0.4 is 0 Å². The molecule has 2 atom stereocenters. The van der Waals surface area contributed by atoms with E-state index in [1.807, 2.05) is 43.1 Å². The number of thioether (sulfide) groups is 1. The van der Waals surface area contributed by atoms with Crippen LogP contribution in [0.1, 0.15) is 81.8 Å². The summed E-state index contributed by atoms with van der Waals surface area (Å²) in [6.45, 7) is 8.81. The Labute approximate surface area is 295 Å². The van der Waals surface area contributed by atoms with Gasteiger partial charge in [0.1, 0.15) is 11.6 Å². The van der Waals surface area contributed by atoms with Gasteiger partial charge in [-0.3, -0.25) is 4.79 Å². The number of halogens is 2. The lowest BCUT2D eigenvalue weighted by Crippen LogP contribution is -2.27. The van der Waals surface area contributed by atoms with Crippen molar-refractivity contribution in [2.75, 3.05) is 18.6 Å². The average molecular weight is 703 g/mol. The van der Waals surface area contributed by atoms with Crippen molar-refractivity contribution in [3.63, 3.8) is 0 Å². The van der Waals surface area contributed by atoms with Gasteiger partial charge in [0.15, 0.2) is 11.6 Å². The van der Waals surface area contributed by atoms with Crippen LogP contribution in [-0.2, 0) is 28.4 Å². The minimum absolute atomic E-state index is 0.0314. The standard InChI is InChI=1S/C39H44F2N4O2S2/c1-24(19-34(46)47-6)25-9-7-10-26(20-25)39(4)16-8-15-38(2,3)23-48-18-14-29-28-13-17-42-33(28)22-32(41)35(29)49-27-11-12-31(40)30(21-27)36-43-37(39)44-45(36)5/h7,9-13,17,20-22,24,42H,8,14-16,18-19,23H2,1-6H3/t24?,39-/m1/s1. The topological polar surface area (TPSA) is 72.8 Å².